The first kappa shape index (κ1) is 10.5. The first-order valence-corrected chi connectivity index (χ1v) is 5.83. The number of carbonyl (C=O) groups is 1. The molecule has 7 nitrogen and oxygen atoms in total. The molecule has 17 heavy (non-hydrogen) atoms. The first-order chi connectivity index (χ1) is 8.25. The Hall–Kier alpha value is -1.63. The third kappa shape index (κ3) is 1.76. The molecule has 2 aliphatic heterocycles. The third-order valence-corrected chi connectivity index (χ3v) is 3.40. The number of nitrogens with two attached hydrogens (primary N) is 1. The van der Waals surface area contributed by atoms with Gasteiger partial charge in [0.25, 0.3) is 5.91 Å². The first-order valence-electron chi connectivity index (χ1n) is 5.83. The summed E-state index contributed by atoms with van der Waals surface area (Å²) in [5.41, 5.74) is 5.19. The molecule has 1 fully saturated rings. The van der Waals surface area contributed by atoms with E-state index in [0.717, 1.165) is 32.6 Å². The van der Waals surface area contributed by atoms with Gasteiger partial charge in [0.15, 0.2) is 0 Å². The molecule has 1 saturated heterocycles. The average Bonchev–Trinajstić information content (AvgIpc) is 2.97. The minimum atomic E-state index is -0.588. The summed E-state index contributed by atoms with van der Waals surface area (Å²) in [6.07, 6.45) is 2.01. The summed E-state index contributed by atoms with van der Waals surface area (Å²) >= 11 is 0. The van der Waals surface area contributed by atoms with E-state index in [2.05, 4.69) is 15.4 Å². The van der Waals surface area contributed by atoms with Crippen LogP contribution in [0.4, 0.5) is 5.95 Å². The molecule has 1 aromatic rings. The number of primary amides is 1. The lowest BCUT2D eigenvalue weighted by molar-refractivity contribution is 0.0989. The maximum Gasteiger partial charge on any atom is 0.288 e. The summed E-state index contributed by atoms with van der Waals surface area (Å²) in [7, 11) is 0. The van der Waals surface area contributed by atoms with Crippen molar-refractivity contribution in [1.82, 2.24) is 14.8 Å². The van der Waals surface area contributed by atoms with E-state index < -0.39 is 5.91 Å². The lowest BCUT2D eigenvalue weighted by Crippen LogP contribution is -2.29. The van der Waals surface area contributed by atoms with Crippen LogP contribution in [-0.4, -0.2) is 40.4 Å². The molecule has 2 aliphatic rings. The van der Waals surface area contributed by atoms with E-state index in [1.165, 1.54) is 0 Å². The molecule has 3 heterocycles. The Balaban J connectivity index is 1.92. The van der Waals surface area contributed by atoms with Crippen LogP contribution in [0.1, 0.15) is 29.5 Å². The molecule has 3 N–H and O–H groups in total. The number of fused-ring (bicyclic) bond motifs is 1. The van der Waals surface area contributed by atoms with Crippen molar-refractivity contribution in [1.29, 1.82) is 0 Å². The van der Waals surface area contributed by atoms with Crippen molar-refractivity contribution < 1.29 is 9.53 Å². The number of hydrogen-bond donors (Lipinski definition) is 2. The molecule has 0 saturated carbocycles. The second kappa shape index (κ2) is 3.99. The van der Waals surface area contributed by atoms with Crippen molar-refractivity contribution >= 4 is 11.9 Å². The largest absolute Gasteiger partial charge is 0.381 e. The van der Waals surface area contributed by atoms with Crippen molar-refractivity contribution in [3.05, 3.63) is 5.82 Å². The van der Waals surface area contributed by atoms with E-state index >= 15 is 0 Å². The summed E-state index contributed by atoms with van der Waals surface area (Å²) in [5, 5.41) is 7.32. The van der Waals surface area contributed by atoms with E-state index in [1.807, 2.05) is 0 Å². The Labute approximate surface area is 98.3 Å². The van der Waals surface area contributed by atoms with E-state index in [0.29, 0.717) is 11.9 Å². The van der Waals surface area contributed by atoms with Crippen molar-refractivity contribution in [2.45, 2.75) is 18.9 Å². The van der Waals surface area contributed by atoms with Crippen LogP contribution < -0.4 is 11.1 Å². The molecule has 0 aromatic carbocycles. The maximum atomic E-state index is 11.1. The van der Waals surface area contributed by atoms with Crippen molar-refractivity contribution in [3.8, 4) is 0 Å². The standard InChI is InChI=1S/C10H15N5O2/c11-8(16)9-13-10-12-3-1-7(15(10)14-9)6-2-4-17-5-6/h6-7H,1-5H2,(H2,11,16)(H,12,13,14). The van der Waals surface area contributed by atoms with Gasteiger partial charge in [0.1, 0.15) is 0 Å². The van der Waals surface area contributed by atoms with Crippen LogP contribution in [0, 0.1) is 5.92 Å². The smallest absolute Gasteiger partial charge is 0.288 e. The van der Waals surface area contributed by atoms with Gasteiger partial charge >= 0.3 is 0 Å². The maximum absolute atomic E-state index is 11.1. The van der Waals surface area contributed by atoms with Gasteiger partial charge < -0.3 is 15.8 Å². The Morgan fingerprint density at radius 3 is 3.12 bits per heavy atom. The number of hydrogen-bond acceptors (Lipinski definition) is 5. The van der Waals surface area contributed by atoms with E-state index in [1.54, 1.807) is 4.68 Å². The Morgan fingerprint density at radius 2 is 2.41 bits per heavy atom. The summed E-state index contributed by atoms with van der Waals surface area (Å²) in [6.45, 7) is 2.41. The minimum Gasteiger partial charge on any atom is -0.381 e. The Morgan fingerprint density at radius 1 is 1.53 bits per heavy atom. The molecule has 0 bridgehead atoms. The molecule has 0 aliphatic carbocycles. The summed E-state index contributed by atoms with van der Waals surface area (Å²) in [4.78, 5) is 15.2. The lowest BCUT2D eigenvalue weighted by Gasteiger charge is -2.28. The van der Waals surface area contributed by atoms with Crippen LogP contribution in [0.2, 0.25) is 0 Å². The van der Waals surface area contributed by atoms with Gasteiger partial charge in [-0.1, -0.05) is 0 Å². The van der Waals surface area contributed by atoms with Gasteiger partial charge in [0, 0.05) is 19.1 Å². The number of rotatable bonds is 2. The zero-order chi connectivity index (χ0) is 11.8. The summed E-state index contributed by atoms with van der Waals surface area (Å²) < 4.78 is 7.20. The van der Waals surface area contributed by atoms with Gasteiger partial charge in [0.2, 0.25) is 11.8 Å². The van der Waals surface area contributed by atoms with Gasteiger partial charge in [-0.25, -0.2) is 4.68 Å². The highest BCUT2D eigenvalue weighted by atomic mass is 16.5. The van der Waals surface area contributed by atoms with E-state index in [4.69, 9.17) is 10.5 Å². The number of anilines is 1. The number of carbonyl (C=O) groups excluding carboxylic acids is 1. The van der Waals surface area contributed by atoms with Gasteiger partial charge in [0.05, 0.1) is 12.6 Å². The molecule has 1 aromatic heterocycles. The fourth-order valence-electron chi connectivity index (χ4n) is 2.53. The fraction of sp³-hybridized carbons (Fsp3) is 0.700. The summed E-state index contributed by atoms with van der Waals surface area (Å²) in [6, 6.07) is 0.259. The predicted octanol–water partition coefficient (Wildman–Crippen LogP) is -0.230. The molecular weight excluding hydrogens is 222 g/mol. The van der Waals surface area contributed by atoms with Gasteiger partial charge in [-0.3, -0.25) is 4.79 Å². The minimum absolute atomic E-state index is 0.0818. The second-order valence-electron chi connectivity index (χ2n) is 4.47. The molecule has 92 valence electrons. The third-order valence-electron chi connectivity index (χ3n) is 3.40. The molecule has 3 rings (SSSR count). The zero-order valence-corrected chi connectivity index (χ0v) is 9.43. The van der Waals surface area contributed by atoms with Gasteiger partial charge in [-0.2, -0.15) is 4.98 Å². The van der Waals surface area contributed by atoms with Gasteiger partial charge in [-0.05, 0) is 12.8 Å². The molecule has 2 atom stereocenters. The van der Waals surface area contributed by atoms with Crippen molar-refractivity contribution in [3.63, 3.8) is 0 Å². The predicted molar refractivity (Wildman–Crippen MR) is 59.6 cm³/mol. The Bertz CT molecular complexity index is 438. The number of aromatic nitrogens is 3. The molecule has 0 spiro atoms. The highest BCUT2D eigenvalue weighted by Gasteiger charge is 2.32. The molecule has 2 unspecified atom stereocenters. The van der Waals surface area contributed by atoms with Crippen LogP contribution in [0.15, 0.2) is 0 Å². The lowest BCUT2D eigenvalue weighted by atomic mass is 9.95. The van der Waals surface area contributed by atoms with Crippen LogP contribution in [0.5, 0.6) is 0 Å². The number of nitrogens with one attached hydrogen (secondary N) is 1. The number of nitrogens with zero attached hydrogens (tertiary/aromatic N) is 3. The quantitative estimate of drug-likeness (QED) is 0.740. The molecule has 7 heteroatoms. The second-order valence-corrected chi connectivity index (χ2v) is 4.47. The number of amides is 1. The van der Waals surface area contributed by atoms with Crippen LogP contribution >= 0.6 is 0 Å². The highest BCUT2D eigenvalue weighted by molar-refractivity contribution is 5.89. The molecule has 1 amide bonds. The van der Waals surface area contributed by atoms with Crippen molar-refractivity contribution in [2.24, 2.45) is 11.7 Å². The monoisotopic (exact) mass is 237 g/mol. The highest BCUT2D eigenvalue weighted by Crippen LogP contribution is 2.33. The van der Waals surface area contributed by atoms with Gasteiger partial charge in [-0.15, -0.1) is 5.10 Å². The van der Waals surface area contributed by atoms with Crippen LogP contribution in [0.25, 0.3) is 0 Å². The van der Waals surface area contributed by atoms with Crippen LogP contribution in [0.3, 0.4) is 0 Å². The van der Waals surface area contributed by atoms with Crippen molar-refractivity contribution in [2.75, 3.05) is 25.1 Å². The Kier molecular flexibility index (Phi) is 2.47. The summed E-state index contributed by atoms with van der Waals surface area (Å²) in [5.74, 6) is 0.591. The SMILES string of the molecule is NC(=O)c1nc2n(n1)C(C1CCOC1)CCN2. The fourth-order valence-corrected chi connectivity index (χ4v) is 2.53. The topological polar surface area (TPSA) is 95.1 Å². The average molecular weight is 237 g/mol. The normalized spacial score (nSPS) is 27.5. The zero-order valence-electron chi connectivity index (χ0n) is 9.43. The number of ether oxygens (including phenoxy) is 1. The van der Waals surface area contributed by atoms with Crippen LogP contribution in [-0.2, 0) is 4.74 Å². The molecule has 0 radical (unpaired) electrons. The molecular formula is C10H15N5O2. The van der Waals surface area contributed by atoms with E-state index in [9.17, 15) is 4.79 Å². The van der Waals surface area contributed by atoms with E-state index in [-0.39, 0.29) is 11.9 Å².